The molecule has 4 aromatic carbocycles. The van der Waals surface area contributed by atoms with Gasteiger partial charge in [-0.2, -0.15) is 8.42 Å². The number of benzene rings is 4. The fourth-order valence-electron chi connectivity index (χ4n) is 3.29. The van der Waals surface area contributed by atoms with E-state index in [0.717, 1.165) is 38.6 Å². The number of aryl methyl sites for hydroxylation is 2. The van der Waals surface area contributed by atoms with Gasteiger partial charge in [0.15, 0.2) is 0 Å². The van der Waals surface area contributed by atoms with Crippen LogP contribution in [0.15, 0.2) is 95.9 Å². The molecule has 0 amide bonds. The number of hydrogen-bond donors (Lipinski definition) is 2. The molecule has 0 aliphatic rings. The molecule has 0 aliphatic carbocycles. The predicted octanol–water partition coefficient (Wildman–Crippen LogP) is 7.22. The van der Waals surface area contributed by atoms with Crippen molar-refractivity contribution >= 4 is 22.7 Å². The zero-order chi connectivity index (χ0) is 24.0. The van der Waals surface area contributed by atoms with E-state index in [4.69, 9.17) is 21.9 Å². The Balaban J connectivity index is 0.000000555. The summed E-state index contributed by atoms with van der Waals surface area (Å²) in [5.41, 5.74) is 6.85. The molecule has 0 unspecified atom stereocenters. The molecule has 1 N–H and O–H groups in total. The van der Waals surface area contributed by atoms with Crippen LogP contribution in [-0.4, -0.2) is 19.2 Å². The maximum Gasteiger partial charge on any atom is 0.261 e. The smallest absolute Gasteiger partial charge is 0.261 e. The molecule has 33 heavy (non-hydrogen) atoms. The largest absolute Gasteiger partial charge is 0.457 e. The zero-order valence-corrected chi connectivity index (χ0v) is 20.4. The number of hydrogen-bond acceptors (Lipinski definition) is 4. The van der Waals surface area contributed by atoms with E-state index in [0.29, 0.717) is 6.26 Å². The third-order valence-electron chi connectivity index (χ3n) is 4.80. The Labute approximate surface area is 201 Å². The van der Waals surface area contributed by atoms with Crippen molar-refractivity contribution in [3.05, 3.63) is 102 Å². The van der Waals surface area contributed by atoms with Crippen LogP contribution < -0.4 is 4.74 Å². The third-order valence-corrected chi connectivity index (χ3v) is 5.17. The van der Waals surface area contributed by atoms with Gasteiger partial charge in [-0.3, -0.25) is 4.55 Å². The summed E-state index contributed by atoms with van der Waals surface area (Å²) >= 11 is 4.79. The van der Waals surface area contributed by atoms with Gasteiger partial charge in [0.25, 0.3) is 10.1 Å². The van der Waals surface area contributed by atoms with Crippen LogP contribution in [0.2, 0.25) is 0 Å². The molecule has 4 rings (SSSR count). The van der Waals surface area contributed by atoms with Crippen molar-refractivity contribution in [1.29, 1.82) is 0 Å². The Hall–Kier alpha value is -3.06. The topological polar surface area (TPSA) is 63.6 Å². The molecule has 0 aliphatic heterocycles. The van der Waals surface area contributed by atoms with Crippen molar-refractivity contribution in [3.63, 3.8) is 0 Å². The number of para-hydroxylation sites is 1. The Morgan fingerprint density at radius 1 is 0.697 bits per heavy atom. The molecule has 0 aromatic heterocycles. The molecule has 0 heterocycles. The van der Waals surface area contributed by atoms with Gasteiger partial charge in [-0.25, -0.2) is 0 Å². The summed E-state index contributed by atoms with van der Waals surface area (Å²) in [6.45, 7) is 4.20. The van der Waals surface area contributed by atoms with Gasteiger partial charge in [0, 0.05) is 16.0 Å². The summed E-state index contributed by atoms with van der Waals surface area (Å²) in [7, 11) is -3.67. The second-order valence-electron chi connectivity index (χ2n) is 7.71. The van der Waals surface area contributed by atoms with Gasteiger partial charge in [-0.05, 0) is 49.2 Å². The highest BCUT2D eigenvalue weighted by molar-refractivity contribution is 7.85. The van der Waals surface area contributed by atoms with E-state index in [1.807, 2.05) is 42.5 Å². The van der Waals surface area contributed by atoms with Crippen molar-refractivity contribution in [2.24, 2.45) is 0 Å². The lowest BCUT2D eigenvalue weighted by atomic mass is 9.92. The first kappa shape index (κ1) is 24.6. The van der Waals surface area contributed by atoms with Crippen LogP contribution >= 0.6 is 12.6 Å². The maximum absolute atomic E-state index is 9.19. The first-order valence-electron chi connectivity index (χ1n) is 10.3. The SMILES string of the molecule is CS(=O)(=O)O.Cc1ccc(-c2c(S)ccc(Oc3ccccc3)c2-c2ccc(C)cc2)cc1. The molecule has 0 bridgehead atoms. The van der Waals surface area contributed by atoms with E-state index in [-0.39, 0.29) is 0 Å². The van der Waals surface area contributed by atoms with Crippen molar-refractivity contribution < 1.29 is 17.7 Å². The summed E-state index contributed by atoms with van der Waals surface area (Å²) in [4.78, 5) is 0.930. The van der Waals surface area contributed by atoms with Crippen LogP contribution in [0.3, 0.4) is 0 Å². The molecular formula is C27H26O4S2. The van der Waals surface area contributed by atoms with Crippen LogP contribution in [0.25, 0.3) is 22.3 Å². The second kappa shape index (κ2) is 10.7. The molecule has 0 saturated heterocycles. The van der Waals surface area contributed by atoms with E-state index in [1.54, 1.807) is 0 Å². The molecule has 6 heteroatoms. The van der Waals surface area contributed by atoms with Crippen LogP contribution in [0, 0.1) is 13.8 Å². The third kappa shape index (κ3) is 7.22. The summed E-state index contributed by atoms with van der Waals surface area (Å²) in [6, 6.07) is 31.0. The van der Waals surface area contributed by atoms with E-state index < -0.39 is 10.1 Å². The van der Waals surface area contributed by atoms with Crippen LogP contribution in [0.5, 0.6) is 11.5 Å². The molecular weight excluding hydrogens is 452 g/mol. The minimum atomic E-state index is -3.67. The number of ether oxygens (including phenoxy) is 1. The Morgan fingerprint density at radius 2 is 1.15 bits per heavy atom. The summed E-state index contributed by atoms with van der Waals surface area (Å²) < 4.78 is 32.2. The zero-order valence-electron chi connectivity index (χ0n) is 18.7. The summed E-state index contributed by atoms with van der Waals surface area (Å²) in [6.07, 6.45) is 0.715. The molecule has 170 valence electrons. The Morgan fingerprint density at radius 3 is 1.64 bits per heavy atom. The van der Waals surface area contributed by atoms with Gasteiger partial charge in [-0.15, -0.1) is 12.6 Å². The lowest BCUT2D eigenvalue weighted by Crippen LogP contribution is -1.94. The van der Waals surface area contributed by atoms with Gasteiger partial charge in [-0.1, -0.05) is 77.9 Å². The monoisotopic (exact) mass is 478 g/mol. The second-order valence-corrected chi connectivity index (χ2v) is 9.66. The average Bonchev–Trinajstić information content (AvgIpc) is 2.76. The molecule has 0 saturated carbocycles. The predicted molar refractivity (Wildman–Crippen MR) is 138 cm³/mol. The average molecular weight is 479 g/mol. The van der Waals surface area contributed by atoms with Crippen molar-refractivity contribution in [2.45, 2.75) is 18.7 Å². The fraction of sp³-hybridized carbons (Fsp3) is 0.111. The van der Waals surface area contributed by atoms with Crippen molar-refractivity contribution in [1.82, 2.24) is 0 Å². The van der Waals surface area contributed by atoms with Gasteiger partial charge >= 0.3 is 0 Å². The lowest BCUT2D eigenvalue weighted by Gasteiger charge is -2.18. The summed E-state index contributed by atoms with van der Waals surface area (Å²) in [5, 5.41) is 0. The maximum atomic E-state index is 9.19. The highest BCUT2D eigenvalue weighted by Gasteiger charge is 2.17. The van der Waals surface area contributed by atoms with E-state index in [1.165, 1.54) is 11.1 Å². The minimum Gasteiger partial charge on any atom is -0.457 e. The lowest BCUT2D eigenvalue weighted by molar-refractivity contribution is 0.484. The van der Waals surface area contributed by atoms with Gasteiger partial charge in [0.05, 0.1) is 6.26 Å². The Bertz CT molecular complexity index is 1310. The molecule has 0 fully saturated rings. The normalized spacial score (nSPS) is 10.8. The molecule has 0 radical (unpaired) electrons. The van der Waals surface area contributed by atoms with Crippen LogP contribution in [0.4, 0.5) is 0 Å². The first-order valence-corrected chi connectivity index (χ1v) is 12.6. The first-order chi connectivity index (χ1) is 15.6. The Kier molecular flexibility index (Phi) is 7.97. The molecule has 4 aromatic rings. The fourth-order valence-corrected chi connectivity index (χ4v) is 3.61. The summed E-state index contributed by atoms with van der Waals surface area (Å²) in [5.74, 6) is 1.64. The van der Waals surface area contributed by atoms with Gasteiger partial charge in [0.2, 0.25) is 0 Å². The van der Waals surface area contributed by atoms with E-state index in [9.17, 15) is 8.42 Å². The van der Waals surface area contributed by atoms with Crippen molar-refractivity contribution in [2.75, 3.05) is 6.26 Å². The minimum absolute atomic E-state index is 0.715. The van der Waals surface area contributed by atoms with Gasteiger partial charge in [0.1, 0.15) is 11.5 Å². The number of rotatable bonds is 4. The highest BCUT2D eigenvalue weighted by atomic mass is 32.2. The van der Waals surface area contributed by atoms with E-state index in [2.05, 4.69) is 62.4 Å². The molecule has 4 nitrogen and oxygen atoms in total. The van der Waals surface area contributed by atoms with Crippen molar-refractivity contribution in [3.8, 4) is 33.8 Å². The van der Waals surface area contributed by atoms with E-state index >= 15 is 0 Å². The van der Waals surface area contributed by atoms with Crippen LogP contribution in [-0.2, 0) is 10.1 Å². The number of thiol groups is 1. The quantitative estimate of drug-likeness (QED) is 0.240. The molecule has 0 atom stereocenters. The van der Waals surface area contributed by atoms with Gasteiger partial charge < -0.3 is 4.74 Å². The molecule has 0 spiro atoms. The highest BCUT2D eigenvalue weighted by Crippen LogP contribution is 2.44. The standard InChI is InChI=1S/C26H22OS.CH4O3S/c1-18-8-12-20(13-9-18)25-23(27-22-6-4-3-5-7-22)16-17-24(28)26(25)21-14-10-19(2)11-15-21;1-5(2,3)4/h3-17,28H,1-2H3;1H3,(H,2,3,4). The van der Waals surface area contributed by atoms with Crippen LogP contribution in [0.1, 0.15) is 11.1 Å².